The second-order valence-corrected chi connectivity index (χ2v) is 2.88. The Labute approximate surface area is 86.4 Å². The molecule has 15 heavy (non-hydrogen) atoms. The number of nitro benzene ring substituents is 1. The van der Waals surface area contributed by atoms with E-state index in [0.717, 1.165) is 6.29 Å². The van der Waals surface area contributed by atoms with Crippen molar-refractivity contribution in [2.24, 2.45) is 0 Å². The molecule has 0 aliphatic heterocycles. The van der Waals surface area contributed by atoms with E-state index >= 15 is 0 Å². The van der Waals surface area contributed by atoms with Crippen LogP contribution in [0.4, 0.5) is 11.4 Å². The highest BCUT2D eigenvalue weighted by Crippen LogP contribution is 2.22. The molecule has 0 unspecified atom stereocenters. The first-order valence-corrected chi connectivity index (χ1v) is 4.29. The van der Waals surface area contributed by atoms with Gasteiger partial charge in [0.1, 0.15) is 12.0 Å². The first-order chi connectivity index (χ1) is 7.15. The topological polar surface area (TPSA) is 86.2 Å². The molecule has 0 spiro atoms. The normalized spacial score (nSPS) is 10.4. The predicted molar refractivity (Wildman–Crippen MR) is 57.2 cm³/mol. The van der Waals surface area contributed by atoms with Crippen molar-refractivity contribution in [1.29, 1.82) is 0 Å². The Morgan fingerprint density at radius 3 is 2.80 bits per heavy atom. The standard InChI is InChI=1S/C10H10N2O3/c11-9-5-4-8(3-1-2-6-13)7-10(9)12(14)15/h1,3-7H,2,11H2. The van der Waals surface area contributed by atoms with Crippen molar-refractivity contribution >= 4 is 23.7 Å². The molecule has 0 radical (unpaired) electrons. The molecule has 78 valence electrons. The number of hydrogen-bond donors (Lipinski definition) is 1. The fraction of sp³-hybridized carbons (Fsp3) is 0.100. The highest BCUT2D eigenvalue weighted by Gasteiger charge is 2.10. The van der Waals surface area contributed by atoms with Gasteiger partial charge in [0.15, 0.2) is 0 Å². The molecule has 0 saturated heterocycles. The lowest BCUT2D eigenvalue weighted by atomic mass is 10.1. The third kappa shape index (κ3) is 2.91. The van der Waals surface area contributed by atoms with Crippen LogP contribution in [-0.4, -0.2) is 11.2 Å². The average molecular weight is 206 g/mol. The minimum atomic E-state index is -0.535. The van der Waals surface area contributed by atoms with E-state index in [-0.39, 0.29) is 17.8 Å². The van der Waals surface area contributed by atoms with Gasteiger partial charge in [-0.1, -0.05) is 18.2 Å². The van der Waals surface area contributed by atoms with E-state index in [0.29, 0.717) is 5.56 Å². The lowest BCUT2D eigenvalue weighted by Gasteiger charge is -1.98. The van der Waals surface area contributed by atoms with E-state index in [9.17, 15) is 14.9 Å². The van der Waals surface area contributed by atoms with Crippen molar-refractivity contribution in [3.8, 4) is 0 Å². The monoisotopic (exact) mass is 206 g/mol. The summed E-state index contributed by atoms with van der Waals surface area (Å²) in [4.78, 5) is 20.1. The predicted octanol–water partition coefficient (Wildman–Crippen LogP) is 1.78. The van der Waals surface area contributed by atoms with Crippen LogP contribution >= 0.6 is 0 Å². The van der Waals surface area contributed by atoms with Crippen LogP contribution in [0, 0.1) is 10.1 Å². The molecule has 1 aromatic rings. The van der Waals surface area contributed by atoms with Crippen LogP contribution in [0.25, 0.3) is 6.08 Å². The summed E-state index contributed by atoms with van der Waals surface area (Å²) in [7, 11) is 0. The SMILES string of the molecule is Nc1ccc(C=CCC=O)cc1[N+](=O)[O-]. The minimum absolute atomic E-state index is 0.122. The quantitative estimate of drug-likeness (QED) is 0.352. The smallest absolute Gasteiger partial charge is 0.292 e. The number of carbonyl (C=O) groups is 1. The van der Waals surface area contributed by atoms with E-state index < -0.39 is 4.92 Å². The fourth-order valence-electron chi connectivity index (χ4n) is 1.08. The van der Waals surface area contributed by atoms with Crippen LogP contribution in [0.1, 0.15) is 12.0 Å². The molecule has 0 fully saturated rings. The third-order valence-electron chi connectivity index (χ3n) is 1.79. The Bertz CT molecular complexity index is 413. The van der Waals surface area contributed by atoms with Gasteiger partial charge in [0.25, 0.3) is 5.69 Å². The van der Waals surface area contributed by atoms with Crippen molar-refractivity contribution in [3.05, 3.63) is 40.0 Å². The Kier molecular flexibility index (Phi) is 3.56. The van der Waals surface area contributed by atoms with Crippen LogP contribution in [0.3, 0.4) is 0 Å². The Morgan fingerprint density at radius 1 is 1.47 bits per heavy atom. The number of hydrogen-bond acceptors (Lipinski definition) is 4. The number of aldehydes is 1. The summed E-state index contributed by atoms with van der Waals surface area (Å²) in [5.41, 5.74) is 6.08. The molecule has 5 nitrogen and oxygen atoms in total. The van der Waals surface area contributed by atoms with E-state index in [2.05, 4.69) is 0 Å². The number of nitrogens with zero attached hydrogens (tertiary/aromatic N) is 1. The van der Waals surface area contributed by atoms with E-state index in [1.807, 2.05) is 0 Å². The molecule has 0 aromatic heterocycles. The molecule has 0 aliphatic carbocycles. The van der Waals surface area contributed by atoms with Gasteiger partial charge in [-0.05, 0) is 11.6 Å². The van der Waals surface area contributed by atoms with Gasteiger partial charge in [0, 0.05) is 12.5 Å². The van der Waals surface area contributed by atoms with Crippen molar-refractivity contribution in [1.82, 2.24) is 0 Å². The summed E-state index contributed by atoms with van der Waals surface area (Å²) < 4.78 is 0. The van der Waals surface area contributed by atoms with Crippen LogP contribution in [0.2, 0.25) is 0 Å². The van der Waals surface area contributed by atoms with Crippen molar-refractivity contribution in [3.63, 3.8) is 0 Å². The highest BCUT2D eigenvalue weighted by molar-refractivity contribution is 5.65. The zero-order chi connectivity index (χ0) is 11.3. The third-order valence-corrected chi connectivity index (χ3v) is 1.79. The van der Waals surface area contributed by atoms with Crippen LogP contribution in [-0.2, 0) is 4.79 Å². The molecule has 2 N–H and O–H groups in total. The summed E-state index contributed by atoms with van der Waals surface area (Å²) in [5.74, 6) is 0. The van der Waals surface area contributed by atoms with Gasteiger partial charge in [0.2, 0.25) is 0 Å². The maximum Gasteiger partial charge on any atom is 0.292 e. The second-order valence-electron chi connectivity index (χ2n) is 2.88. The molecular formula is C10H10N2O3. The number of nitro groups is 1. The van der Waals surface area contributed by atoms with Crippen molar-refractivity contribution in [2.45, 2.75) is 6.42 Å². The zero-order valence-electron chi connectivity index (χ0n) is 7.92. The lowest BCUT2D eigenvalue weighted by Crippen LogP contribution is -1.95. The van der Waals surface area contributed by atoms with E-state index in [1.165, 1.54) is 12.1 Å². The highest BCUT2D eigenvalue weighted by atomic mass is 16.6. The number of anilines is 1. The van der Waals surface area contributed by atoms with Crippen LogP contribution in [0.5, 0.6) is 0 Å². The van der Waals surface area contributed by atoms with E-state index in [4.69, 9.17) is 5.73 Å². The van der Waals surface area contributed by atoms with Gasteiger partial charge in [-0.2, -0.15) is 0 Å². The first-order valence-electron chi connectivity index (χ1n) is 4.29. The number of nitrogens with two attached hydrogens (primary N) is 1. The lowest BCUT2D eigenvalue weighted by molar-refractivity contribution is -0.383. The van der Waals surface area contributed by atoms with Crippen molar-refractivity contribution in [2.75, 3.05) is 5.73 Å². The average Bonchev–Trinajstić information content (AvgIpc) is 2.20. The van der Waals surface area contributed by atoms with Gasteiger partial charge in [0.05, 0.1) is 4.92 Å². The largest absolute Gasteiger partial charge is 0.393 e. The van der Waals surface area contributed by atoms with Crippen LogP contribution in [0.15, 0.2) is 24.3 Å². The number of rotatable bonds is 4. The first kappa shape index (κ1) is 10.9. The van der Waals surface area contributed by atoms with Gasteiger partial charge in [-0.15, -0.1) is 0 Å². The van der Waals surface area contributed by atoms with Gasteiger partial charge < -0.3 is 10.5 Å². The minimum Gasteiger partial charge on any atom is -0.393 e. The van der Waals surface area contributed by atoms with Gasteiger partial charge >= 0.3 is 0 Å². The molecule has 1 aromatic carbocycles. The molecule has 0 atom stereocenters. The number of carbonyl (C=O) groups excluding carboxylic acids is 1. The van der Waals surface area contributed by atoms with Gasteiger partial charge in [-0.3, -0.25) is 10.1 Å². The zero-order valence-corrected chi connectivity index (χ0v) is 7.92. The molecule has 5 heteroatoms. The molecule has 0 heterocycles. The molecule has 0 aliphatic rings. The van der Waals surface area contributed by atoms with Crippen LogP contribution < -0.4 is 5.73 Å². The number of nitrogen functional groups attached to an aromatic ring is 1. The molecule has 0 saturated carbocycles. The Morgan fingerprint density at radius 2 is 2.20 bits per heavy atom. The summed E-state index contributed by atoms with van der Waals surface area (Å²) in [6.07, 6.45) is 4.31. The maximum atomic E-state index is 10.5. The molecule has 1 rings (SSSR count). The molecule has 0 bridgehead atoms. The number of allylic oxidation sites excluding steroid dienone is 1. The fourth-order valence-corrected chi connectivity index (χ4v) is 1.08. The summed E-state index contributed by atoms with van der Waals surface area (Å²) in [6, 6.07) is 4.50. The second kappa shape index (κ2) is 4.90. The van der Waals surface area contributed by atoms with Crippen molar-refractivity contribution < 1.29 is 9.72 Å². The Balaban J connectivity index is 2.97. The summed E-state index contributed by atoms with van der Waals surface area (Å²) >= 11 is 0. The molecular weight excluding hydrogens is 196 g/mol. The van der Waals surface area contributed by atoms with Gasteiger partial charge in [-0.25, -0.2) is 0 Å². The summed E-state index contributed by atoms with van der Waals surface area (Å²) in [6.45, 7) is 0. The molecule has 0 amide bonds. The maximum absolute atomic E-state index is 10.5. The van der Waals surface area contributed by atoms with E-state index in [1.54, 1.807) is 18.2 Å². The Hall–Kier alpha value is -2.17. The number of benzene rings is 1. The summed E-state index contributed by atoms with van der Waals surface area (Å²) in [5, 5.41) is 10.5.